The molecular weight excluding hydrogens is 252 g/mol. The normalized spacial score (nSPS) is 18.2. The third-order valence-corrected chi connectivity index (χ3v) is 5.53. The van der Waals surface area contributed by atoms with Gasteiger partial charge in [-0.1, -0.05) is 6.92 Å². The summed E-state index contributed by atoms with van der Waals surface area (Å²) in [4.78, 5) is 0. The Morgan fingerprint density at radius 1 is 1.39 bits per heavy atom. The van der Waals surface area contributed by atoms with Gasteiger partial charge in [0.1, 0.15) is 0 Å². The van der Waals surface area contributed by atoms with Crippen molar-refractivity contribution in [1.82, 2.24) is 9.62 Å². The molecule has 0 radical (unpaired) electrons. The fraction of sp³-hybridized carbons (Fsp3) is 1.00. The Morgan fingerprint density at radius 3 is 2.56 bits per heavy atom. The number of nitrogens with zero attached hydrogens (tertiary/aromatic N) is 1. The van der Waals surface area contributed by atoms with E-state index in [0.717, 1.165) is 0 Å². The Balaban J connectivity index is 2.45. The highest BCUT2D eigenvalue weighted by molar-refractivity contribution is 7.89. The van der Waals surface area contributed by atoms with Crippen molar-refractivity contribution in [3.8, 4) is 0 Å². The van der Waals surface area contributed by atoms with Crippen molar-refractivity contribution in [3.63, 3.8) is 0 Å². The molecular formula is C12H26N2O3S. The summed E-state index contributed by atoms with van der Waals surface area (Å²) in [5, 5.41) is 2.90. The lowest BCUT2D eigenvalue weighted by Crippen LogP contribution is -2.43. The Hall–Kier alpha value is -0.170. The van der Waals surface area contributed by atoms with E-state index in [9.17, 15) is 8.42 Å². The van der Waals surface area contributed by atoms with Gasteiger partial charge in [-0.25, -0.2) is 8.42 Å². The number of hydrogen-bond donors (Lipinski definition) is 1. The summed E-state index contributed by atoms with van der Waals surface area (Å²) < 4.78 is 31.4. The van der Waals surface area contributed by atoms with Crippen LogP contribution >= 0.6 is 0 Å². The molecule has 1 fully saturated rings. The zero-order valence-corrected chi connectivity index (χ0v) is 12.5. The number of ether oxygens (including phenoxy) is 1. The highest BCUT2D eigenvalue weighted by atomic mass is 32.2. The van der Waals surface area contributed by atoms with Crippen molar-refractivity contribution in [3.05, 3.63) is 0 Å². The van der Waals surface area contributed by atoms with Crippen molar-refractivity contribution in [2.75, 3.05) is 32.8 Å². The van der Waals surface area contributed by atoms with E-state index in [0.29, 0.717) is 38.9 Å². The third-order valence-electron chi connectivity index (χ3n) is 3.18. The Labute approximate surface area is 111 Å². The number of sulfonamides is 1. The molecule has 108 valence electrons. The second-order valence-electron chi connectivity index (χ2n) is 4.73. The van der Waals surface area contributed by atoms with Gasteiger partial charge in [0.05, 0.1) is 11.9 Å². The van der Waals surface area contributed by atoms with Crippen LogP contribution in [0.15, 0.2) is 0 Å². The van der Waals surface area contributed by atoms with Gasteiger partial charge in [0.15, 0.2) is 0 Å². The number of hydrogen-bond acceptors (Lipinski definition) is 4. The average Bonchev–Trinajstić information content (AvgIpc) is 3.15. The molecule has 1 aliphatic rings. The highest BCUT2D eigenvalue weighted by Crippen LogP contribution is 2.19. The molecule has 0 bridgehead atoms. The summed E-state index contributed by atoms with van der Waals surface area (Å²) in [5.41, 5.74) is 0. The first-order valence-electron chi connectivity index (χ1n) is 6.82. The molecule has 0 amide bonds. The molecule has 6 heteroatoms. The van der Waals surface area contributed by atoms with Gasteiger partial charge in [0.2, 0.25) is 10.0 Å². The SMILES string of the molecule is CCOCCN(CC)S(=O)(=O)C(C)CNC1CC1. The van der Waals surface area contributed by atoms with Crippen LogP contribution in [-0.4, -0.2) is 56.9 Å². The van der Waals surface area contributed by atoms with Crippen LogP contribution in [0, 0.1) is 0 Å². The summed E-state index contributed by atoms with van der Waals surface area (Å²) >= 11 is 0. The molecule has 18 heavy (non-hydrogen) atoms. The monoisotopic (exact) mass is 278 g/mol. The topological polar surface area (TPSA) is 58.6 Å². The Bertz CT molecular complexity index is 328. The fourth-order valence-electron chi connectivity index (χ4n) is 1.76. The van der Waals surface area contributed by atoms with E-state index in [-0.39, 0.29) is 5.25 Å². The molecule has 1 unspecified atom stereocenters. The van der Waals surface area contributed by atoms with E-state index in [2.05, 4.69) is 5.32 Å². The molecule has 0 aromatic rings. The van der Waals surface area contributed by atoms with Gasteiger partial charge in [-0.3, -0.25) is 0 Å². The number of likely N-dealkylation sites (N-methyl/N-ethyl adjacent to an activating group) is 1. The van der Waals surface area contributed by atoms with Gasteiger partial charge in [-0.05, 0) is 26.7 Å². The molecule has 0 aromatic carbocycles. The van der Waals surface area contributed by atoms with Gasteiger partial charge in [-0.15, -0.1) is 0 Å². The second-order valence-corrected chi connectivity index (χ2v) is 7.08. The molecule has 0 heterocycles. The summed E-state index contributed by atoms with van der Waals surface area (Å²) in [7, 11) is -3.21. The van der Waals surface area contributed by atoms with Gasteiger partial charge in [0.25, 0.3) is 0 Å². The lowest BCUT2D eigenvalue weighted by atomic mass is 10.4. The van der Waals surface area contributed by atoms with Gasteiger partial charge >= 0.3 is 0 Å². The molecule has 1 rings (SSSR count). The molecule has 0 saturated heterocycles. The van der Waals surface area contributed by atoms with Gasteiger partial charge in [-0.2, -0.15) is 4.31 Å². The minimum absolute atomic E-state index is 0.375. The third kappa shape index (κ3) is 4.84. The predicted octanol–water partition coefficient (Wildman–Crippen LogP) is 0.815. The molecule has 1 saturated carbocycles. The first-order valence-corrected chi connectivity index (χ1v) is 8.32. The van der Waals surface area contributed by atoms with Gasteiger partial charge in [0, 0.05) is 32.3 Å². The van der Waals surface area contributed by atoms with Crippen LogP contribution in [-0.2, 0) is 14.8 Å². The minimum Gasteiger partial charge on any atom is -0.380 e. The first kappa shape index (κ1) is 15.9. The highest BCUT2D eigenvalue weighted by Gasteiger charge is 2.29. The van der Waals surface area contributed by atoms with Crippen molar-refractivity contribution in [1.29, 1.82) is 0 Å². The minimum atomic E-state index is -3.21. The first-order chi connectivity index (χ1) is 8.52. The van der Waals surface area contributed by atoms with Crippen LogP contribution < -0.4 is 5.32 Å². The summed E-state index contributed by atoms with van der Waals surface area (Å²) in [6.45, 7) is 8.12. The lowest BCUT2D eigenvalue weighted by Gasteiger charge is -2.24. The molecule has 1 aliphatic carbocycles. The fourth-order valence-corrected chi connectivity index (χ4v) is 3.26. The molecule has 0 aliphatic heterocycles. The van der Waals surface area contributed by atoms with Crippen LogP contribution in [0.2, 0.25) is 0 Å². The van der Waals surface area contributed by atoms with Crippen molar-refractivity contribution in [2.24, 2.45) is 0 Å². The van der Waals surface area contributed by atoms with Crippen molar-refractivity contribution < 1.29 is 13.2 Å². The molecule has 1 N–H and O–H groups in total. The molecule has 0 spiro atoms. The zero-order valence-electron chi connectivity index (χ0n) is 11.7. The number of nitrogens with one attached hydrogen (secondary N) is 1. The molecule has 5 nitrogen and oxygen atoms in total. The maximum atomic E-state index is 12.3. The Kier molecular flexibility index (Phi) is 6.55. The average molecular weight is 278 g/mol. The van der Waals surface area contributed by atoms with Crippen LogP contribution in [0.25, 0.3) is 0 Å². The summed E-state index contributed by atoms with van der Waals surface area (Å²) in [6.07, 6.45) is 2.35. The summed E-state index contributed by atoms with van der Waals surface area (Å²) in [5.74, 6) is 0. The van der Waals surface area contributed by atoms with E-state index < -0.39 is 10.0 Å². The zero-order chi connectivity index (χ0) is 13.6. The van der Waals surface area contributed by atoms with Gasteiger partial charge < -0.3 is 10.1 Å². The van der Waals surface area contributed by atoms with Crippen molar-refractivity contribution in [2.45, 2.75) is 44.9 Å². The summed E-state index contributed by atoms with van der Waals surface area (Å²) in [6, 6.07) is 0.543. The molecule has 1 atom stereocenters. The maximum absolute atomic E-state index is 12.3. The van der Waals surface area contributed by atoms with E-state index in [1.165, 1.54) is 17.1 Å². The van der Waals surface area contributed by atoms with Crippen molar-refractivity contribution >= 4 is 10.0 Å². The second kappa shape index (κ2) is 7.43. The number of rotatable bonds is 10. The smallest absolute Gasteiger partial charge is 0.218 e. The maximum Gasteiger partial charge on any atom is 0.218 e. The van der Waals surface area contributed by atoms with Crippen LogP contribution in [0.4, 0.5) is 0 Å². The van der Waals surface area contributed by atoms with E-state index >= 15 is 0 Å². The largest absolute Gasteiger partial charge is 0.380 e. The van der Waals surface area contributed by atoms with E-state index in [4.69, 9.17) is 4.74 Å². The Morgan fingerprint density at radius 2 is 2.06 bits per heavy atom. The molecule has 0 aromatic heterocycles. The standard InChI is InChI=1S/C12H26N2O3S/c1-4-14(8-9-17-5-2)18(15,16)11(3)10-13-12-6-7-12/h11-13H,4-10H2,1-3H3. The lowest BCUT2D eigenvalue weighted by molar-refractivity contribution is 0.135. The van der Waals surface area contributed by atoms with E-state index in [1.54, 1.807) is 6.92 Å². The van der Waals surface area contributed by atoms with Crippen LogP contribution in [0.1, 0.15) is 33.6 Å². The van der Waals surface area contributed by atoms with Crippen LogP contribution in [0.3, 0.4) is 0 Å². The van der Waals surface area contributed by atoms with Crippen LogP contribution in [0.5, 0.6) is 0 Å². The van der Waals surface area contributed by atoms with E-state index in [1.807, 2.05) is 13.8 Å². The predicted molar refractivity (Wildman–Crippen MR) is 73.1 cm³/mol. The quantitative estimate of drug-likeness (QED) is 0.601.